The Bertz CT molecular complexity index is 1750. The third-order valence-electron chi connectivity index (χ3n) is 5.93. The summed E-state index contributed by atoms with van der Waals surface area (Å²) in [6, 6.07) is 7.27. The number of pyridine rings is 1. The van der Waals surface area contributed by atoms with Crippen LogP contribution in [0.5, 0.6) is 11.5 Å². The van der Waals surface area contributed by atoms with Crippen molar-refractivity contribution < 1.29 is 13.9 Å². The van der Waals surface area contributed by atoms with E-state index < -0.39 is 0 Å². The lowest BCUT2D eigenvalue weighted by atomic mass is 10.0. The highest BCUT2D eigenvalue weighted by atomic mass is 16.5. The second-order valence-corrected chi connectivity index (χ2v) is 7.68. The molecule has 0 atom stereocenters. The molecule has 32 heavy (non-hydrogen) atoms. The summed E-state index contributed by atoms with van der Waals surface area (Å²) >= 11 is 0. The number of aromatic nitrogens is 5. The average molecular weight is 429 g/mol. The SMILES string of the molecule is COc1ccc2oc3c(-c4cnn(C)c4)c(OC)cc4ncc5c(c43)n(c(=O)n5C)c2c1. The lowest BCUT2D eigenvalue weighted by Gasteiger charge is -2.11. The number of aryl methyl sites for hydroxylation is 2. The maximum Gasteiger partial charge on any atom is 0.333 e. The molecule has 4 heterocycles. The van der Waals surface area contributed by atoms with Gasteiger partial charge in [-0.15, -0.1) is 0 Å². The Kier molecular flexibility index (Phi) is 3.68. The van der Waals surface area contributed by atoms with Gasteiger partial charge in [0.05, 0.1) is 59.6 Å². The maximum absolute atomic E-state index is 13.4. The molecule has 4 aromatic heterocycles. The summed E-state index contributed by atoms with van der Waals surface area (Å²) in [7, 11) is 6.79. The van der Waals surface area contributed by atoms with E-state index in [1.807, 2.05) is 19.3 Å². The van der Waals surface area contributed by atoms with Crippen LogP contribution in [0.1, 0.15) is 0 Å². The van der Waals surface area contributed by atoms with Gasteiger partial charge >= 0.3 is 5.69 Å². The van der Waals surface area contributed by atoms with E-state index in [1.165, 1.54) is 0 Å². The van der Waals surface area contributed by atoms with Gasteiger partial charge in [0.25, 0.3) is 0 Å². The zero-order chi connectivity index (χ0) is 22.1. The standard InChI is InChI=1S/C23H19N5O4/c1-26-11-12(9-25-26)19-18(31-4)8-14-20-21-16(10-24-14)27(2)23(29)28(21)15-7-13(30-3)5-6-17(15)32-22(19)20/h5-11H,1-4H3. The predicted molar refractivity (Wildman–Crippen MR) is 121 cm³/mol. The van der Waals surface area contributed by atoms with Crippen LogP contribution in [0.4, 0.5) is 0 Å². The Morgan fingerprint density at radius 1 is 1.03 bits per heavy atom. The summed E-state index contributed by atoms with van der Waals surface area (Å²) in [5, 5.41) is 5.06. The summed E-state index contributed by atoms with van der Waals surface area (Å²) in [4.78, 5) is 18.0. The van der Waals surface area contributed by atoms with Crippen molar-refractivity contribution in [1.82, 2.24) is 23.7 Å². The van der Waals surface area contributed by atoms with E-state index in [1.54, 1.807) is 65.5 Å². The summed E-state index contributed by atoms with van der Waals surface area (Å²) < 4.78 is 22.7. The highest BCUT2D eigenvalue weighted by Crippen LogP contribution is 2.42. The van der Waals surface area contributed by atoms with Crippen LogP contribution >= 0.6 is 0 Å². The molecule has 6 aromatic rings. The Morgan fingerprint density at radius 2 is 1.88 bits per heavy atom. The highest BCUT2D eigenvalue weighted by molar-refractivity contribution is 6.16. The van der Waals surface area contributed by atoms with E-state index in [2.05, 4.69) is 10.1 Å². The molecule has 9 heteroatoms. The van der Waals surface area contributed by atoms with Gasteiger partial charge in [0, 0.05) is 38.0 Å². The Hall–Kier alpha value is -4.27. The van der Waals surface area contributed by atoms with Crippen molar-refractivity contribution in [3.63, 3.8) is 0 Å². The molecule has 0 aliphatic heterocycles. The average Bonchev–Trinajstić information content (AvgIpc) is 3.29. The quantitative estimate of drug-likeness (QED) is 0.428. The van der Waals surface area contributed by atoms with Crippen LogP contribution in [0, 0.1) is 0 Å². The van der Waals surface area contributed by atoms with Crippen molar-refractivity contribution in [2.24, 2.45) is 14.1 Å². The number of imidazole rings is 1. The topological polar surface area (TPSA) is 88.7 Å². The first-order chi connectivity index (χ1) is 15.5. The fourth-order valence-corrected chi connectivity index (χ4v) is 4.40. The minimum absolute atomic E-state index is 0.195. The van der Waals surface area contributed by atoms with E-state index in [-0.39, 0.29) is 5.69 Å². The Labute approximate surface area is 181 Å². The molecule has 0 aliphatic rings. The van der Waals surface area contributed by atoms with E-state index in [9.17, 15) is 4.79 Å². The number of methoxy groups -OCH3 is 2. The van der Waals surface area contributed by atoms with E-state index >= 15 is 0 Å². The normalized spacial score (nSPS) is 11.9. The second kappa shape index (κ2) is 6.36. The van der Waals surface area contributed by atoms with Gasteiger partial charge in [-0.1, -0.05) is 0 Å². The van der Waals surface area contributed by atoms with Crippen LogP contribution in [0.15, 0.2) is 52.1 Å². The number of hydrogen-bond acceptors (Lipinski definition) is 6. The van der Waals surface area contributed by atoms with Gasteiger partial charge in [-0.05, 0) is 12.1 Å². The van der Waals surface area contributed by atoms with Gasteiger partial charge in [-0.25, -0.2) is 4.79 Å². The van der Waals surface area contributed by atoms with Crippen LogP contribution in [-0.4, -0.2) is 38.0 Å². The van der Waals surface area contributed by atoms with Crippen molar-refractivity contribution in [3.8, 4) is 22.6 Å². The molecule has 0 radical (unpaired) electrons. The van der Waals surface area contributed by atoms with Crippen molar-refractivity contribution in [1.29, 1.82) is 0 Å². The van der Waals surface area contributed by atoms with Crippen molar-refractivity contribution >= 4 is 38.6 Å². The van der Waals surface area contributed by atoms with Crippen LogP contribution in [0.3, 0.4) is 0 Å². The monoisotopic (exact) mass is 429 g/mol. The second-order valence-electron chi connectivity index (χ2n) is 7.68. The number of hydrogen-bond donors (Lipinski definition) is 0. The molecular weight excluding hydrogens is 410 g/mol. The lowest BCUT2D eigenvalue weighted by molar-refractivity contribution is 0.415. The number of nitrogens with zero attached hydrogens (tertiary/aromatic N) is 5. The molecule has 0 spiro atoms. The lowest BCUT2D eigenvalue weighted by Crippen LogP contribution is -2.17. The molecular formula is C23H19N5O4. The van der Waals surface area contributed by atoms with Gasteiger partial charge < -0.3 is 13.9 Å². The third-order valence-corrected chi connectivity index (χ3v) is 5.93. The summed E-state index contributed by atoms with van der Waals surface area (Å²) in [6.07, 6.45) is 5.36. The highest BCUT2D eigenvalue weighted by Gasteiger charge is 2.24. The molecule has 0 fully saturated rings. The smallest absolute Gasteiger partial charge is 0.333 e. The number of benzene rings is 2. The van der Waals surface area contributed by atoms with Gasteiger partial charge in [-0.3, -0.25) is 18.6 Å². The molecule has 6 rings (SSSR count). The van der Waals surface area contributed by atoms with Crippen molar-refractivity contribution in [3.05, 3.63) is 53.3 Å². The third kappa shape index (κ3) is 2.30. The van der Waals surface area contributed by atoms with Crippen LogP contribution in [0.2, 0.25) is 0 Å². The summed E-state index contributed by atoms with van der Waals surface area (Å²) in [6.45, 7) is 0. The molecule has 2 aromatic carbocycles. The molecule has 0 unspecified atom stereocenters. The number of fused-ring (bicyclic) bond motifs is 2. The van der Waals surface area contributed by atoms with Crippen LogP contribution in [-0.2, 0) is 14.1 Å². The van der Waals surface area contributed by atoms with E-state index in [0.717, 1.165) is 22.0 Å². The maximum atomic E-state index is 13.4. The minimum atomic E-state index is -0.195. The fraction of sp³-hybridized carbons (Fsp3) is 0.174. The van der Waals surface area contributed by atoms with Crippen LogP contribution in [0.25, 0.3) is 49.7 Å². The predicted octanol–water partition coefficient (Wildman–Crippen LogP) is 3.50. The first-order valence-corrected chi connectivity index (χ1v) is 9.98. The van der Waals surface area contributed by atoms with Gasteiger partial charge in [0.1, 0.15) is 11.5 Å². The molecule has 0 bridgehead atoms. The molecule has 9 nitrogen and oxygen atoms in total. The van der Waals surface area contributed by atoms with Gasteiger partial charge in [0.15, 0.2) is 11.2 Å². The van der Waals surface area contributed by atoms with Crippen molar-refractivity contribution in [2.45, 2.75) is 0 Å². The molecule has 0 saturated carbocycles. The molecule has 0 saturated heterocycles. The molecule has 0 amide bonds. The minimum Gasteiger partial charge on any atom is -0.497 e. The largest absolute Gasteiger partial charge is 0.497 e. The van der Waals surface area contributed by atoms with Crippen LogP contribution < -0.4 is 15.2 Å². The zero-order valence-electron chi connectivity index (χ0n) is 17.9. The van der Waals surface area contributed by atoms with E-state index in [0.29, 0.717) is 39.2 Å². The van der Waals surface area contributed by atoms with Gasteiger partial charge in [0.2, 0.25) is 0 Å². The first kappa shape index (κ1) is 18.5. The Morgan fingerprint density at radius 3 is 2.59 bits per heavy atom. The molecule has 160 valence electrons. The Balaban J connectivity index is 1.99. The summed E-state index contributed by atoms with van der Waals surface area (Å²) in [5.74, 6) is 1.23. The summed E-state index contributed by atoms with van der Waals surface area (Å²) in [5.41, 5.74) is 5.15. The molecule has 0 aliphatic carbocycles. The zero-order valence-corrected chi connectivity index (χ0v) is 17.9. The number of rotatable bonds is 3. The van der Waals surface area contributed by atoms with Gasteiger partial charge in [-0.2, -0.15) is 5.10 Å². The fourth-order valence-electron chi connectivity index (χ4n) is 4.40. The van der Waals surface area contributed by atoms with Crippen molar-refractivity contribution in [2.75, 3.05) is 14.2 Å². The molecule has 0 N–H and O–H groups in total. The first-order valence-electron chi connectivity index (χ1n) is 9.98. The number of ether oxygens (including phenoxy) is 2. The van der Waals surface area contributed by atoms with E-state index in [4.69, 9.17) is 13.9 Å².